The van der Waals surface area contributed by atoms with E-state index in [1.165, 1.54) is 4.90 Å². The number of guanidine groups is 2. The van der Waals surface area contributed by atoms with Gasteiger partial charge in [-0.3, -0.25) is 10.3 Å². The fourth-order valence-corrected chi connectivity index (χ4v) is 1.80. The van der Waals surface area contributed by atoms with Crippen LogP contribution in [0.5, 0.6) is 0 Å². The van der Waals surface area contributed by atoms with Gasteiger partial charge in [-0.05, 0) is 24.1 Å². The molecule has 1 aromatic carbocycles. The third kappa shape index (κ3) is 5.45. The molecular formula is C12H18Cl3N5. The average Bonchev–Trinajstić information content (AvgIpc) is 2.36. The minimum atomic E-state index is -0.114. The molecule has 0 atom stereocenters. The van der Waals surface area contributed by atoms with Gasteiger partial charge in [-0.15, -0.1) is 12.4 Å². The first-order valence-corrected chi connectivity index (χ1v) is 6.56. The summed E-state index contributed by atoms with van der Waals surface area (Å²) in [6.45, 7) is 2.89. The van der Waals surface area contributed by atoms with Crippen molar-refractivity contribution in [2.75, 3.05) is 6.54 Å². The van der Waals surface area contributed by atoms with E-state index in [1.807, 2.05) is 13.0 Å². The van der Waals surface area contributed by atoms with Crippen LogP contribution >= 0.6 is 35.6 Å². The Bertz CT molecular complexity index is 490. The molecule has 0 fully saturated rings. The predicted octanol–water partition coefficient (Wildman–Crippen LogP) is 2.84. The van der Waals surface area contributed by atoms with Crippen LogP contribution in [0.1, 0.15) is 18.9 Å². The van der Waals surface area contributed by atoms with E-state index in [0.717, 1.165) is 12.0 Å². The average molecular weight is 339 g/mol. The molecule has 0 amide bonds. The third-order valence-corrected chi connectivity index (χ3v) is 3.16. The van der Waals surface area contributed by atoms with Crippen molar-refractivity contribution >= 4 is 47.5 Å². The second-order valence-electron chi connectivity index (χ2n) is 3.96. The summed E-state index contributed by atoms with van der Waals surface area (Å²) in [7, 11) is 0. The van der Waals surface area contributed by atoms with Crippen molar-refractivity contribution in [3.05, 3.63) is 33.8 Å². The lowest BCUT2D eigenvalue weighted by Gasteiger charge is -2.20. The molecule has 0 unspecified atom stereocenters. The number of hydrogen-bond donors (Lipinski definition) is 3. The van der Waals surface area contributed by atoms with Crippen LogP contribution in [0.15, 0.2) is 23.2 Å². The number of hydrogen-bond acceptors (Lipinski definition) is 2. The Morgan fingerprint density at radius 3 is 2.45 bits per heavy atom. The minimum absolute atomic E-state index is 0. The Labute approximate surface area is 134 Å². The normalized spacial score (nSPS) is 10.8. The van der Waals surface area contributed by atoms with Gasteiger partial charge in [0.15, 0.2) is 11.9 Å². The van der Waals surface area contributed by atoms with Crippen molar-refractivity contribution in [3.8, 4) is 0 Å². The van der Waals surface area contributed by atoms with Crippen LogP contribution < -0.4 is 11.5 Å². The maximum atomic E-state index is 7.43. The highest BCUT2D eigenvalue weighted by molar-refractivity contribution is 6.42. The largest absolute Gasteiger partial charge is 0.370 e. The fraction of sp³-hybridized carbons (Fsp3) is 0.333. The number of halogens is 3. The third-order valence-electron chi connectivity index (χ3n) is 2.42. The predicted molar refractivity (Wildman–Crippen MR) is 87.9 cm³/mol. The summed E-state index contributed by atoms with van der Waals surface area (Å²) in [4.78, 5) is 5.66. The zero-order chi connectivity index (χ0) is 14.4. The summed E-state index contributed by atoms with van der Waals surface area (Å²) in [6, 6.07) is 5.27. The Morgan fingerprint density at radius 1 is 1.30 bits per heavy atom. The van der Waals surface area contributed by atoms with Gasteiger partial charge in [0.1, 0.15) is 0 Å². The molecule has 0 saturated carbocycles. The van der Waals surface area contributed by atoms with E-state index in [4.69, 9.17) is 40.1 Å². The molecule has 5 N–H and O–H groups in total. The number of nitrogens with zero attached hydrogens (tertiary/aromatic N) is 2. The molecule has 0 aromatic heterocycles. The molecule has 112 valence electrons. The SMILES string of the molecule is CCCN(C(=N)N)C(N)=NCc1ccc(Cl)c(Cl)c1.Cl. The van der Waals surface area contributed by atoms with Crippen LogP contribution in [0.25, 0.3) is 0 Å². The zero-order valence-electron chi connectivity index (χ0n) is 11.1. The lowest BCUT2D eigenvalue weighted by molar-refractivity contribution is 0.575. The molecule has 0 bridgehead atoms. The van der Waals surface area contributed by atoms with Crippen LogP contribution in [0, 0.1) is 5.41 Å². The standard InChI is InChI=1S/C12H17Cl2N5.ClH/c1-2-5-19(11(15)16)12(17)18-7-8-3-4-9(13)10(14)6-8;/h3-4,6H,2,5,7H2,1H3,(H3,15,16)(H2,17,18);1H. The Balaban J connectivity index is 0.00000361. The lowest BCUT2D eigenvalue weighted by atomic mass is 10.2. The van der Waals surface area contributed by atoms with Crippen LogP contribution in [-0.4, -0.2) is 23.4 Å². The highest BCUT2D eigenvalue weighted by Gasteiger charge is 2.09. The molecule has 1 aromatic rings. The van der Waals surface area contributed by atoms with E-state index >= 15 is 0 Å². The van der Waals surface area contributed by atoms with Crippen LogP contribution in [0.4, 0.5) is 0 Å². The highest BCUT2D eigenvalue weighted by Crippen LogP contribution is 2.22. The molecule has 0 heterocycles. The van der Waals surface area contributed by atoms with E-state index in [1.54, 1.807) is 12.1 Å². The molecule has 0 saturated heterocycles. The second-order valence-corrected chi connectivity index (χ2v) is 4.77. The van der Waals surface area contributed by atoms with Gasteiger partial charge in [0.25, 0.3) is 0 Å². The topological polar surface area (TPSA) is 91.5 Å². The van der Waals surface area contributed by atoms with Gasteiger partial charge in [-0.1, -0.05) is 36.2 Å². The van der Waals surface area contributed by atoms with Gasteiger partial charge in [-0.25, -0.2) is 4.99 Å². The van der Waals surface area contributed by atoms with E-state index in [2.05, 4.69) is 4.99 Å². The summed E-state index contributed by atoms with van der Waals surface area (Å²) in [5.41, 5.74) is 12.1. The number of aliphatic imine (C=N–C) groups is 1. The Kier molecular flexibility index (Phi) is 8.37. The first-order chi connectivity index (χ1) is 8.95. The van der Waals surface area contributed by atoms with Crippen molar-refractivity contribution < 1.29 is 0 Å². The van der Waals surface area contributed by atoms with Gasteiger partial charge in [0.2, 0.25) is 0 Å². The van der Waals surface area contributed by atoms with Crippen LogP contribution in [0.2, 0.25) is 10.0 Å². The maximum absolute atomic E-state index is 7.43. The van der Waals surface area contributed by atoms with E-state index < -0.39 is 0 Å². The summed E-state index contributed by atoms with van der Waals surface area (Å²) in [6.07, 6.45) is 0.822. The van der Waals surface area contributed by atoms with Crippen molar-refractivity contribution in [2.45, 2.75) is 19.9 Å². The fourth-order valence-electron chi connectivity index (χ4n) is 1.48. The monoisotopic (exact) mass is 337 g/mol. The molecule has 1 rings (SSSR count). The number of nitrogens with two attached hydrogens (primary N) is 2. The first kappa shape index (κ1) is 18.8. The van der Waals surface area contributed by atoms with Gasteiger partial charge in [0, 0.05) is 6.54 Å². The van der Waals surface area contributed by atoms with E-state index in [9.17, 15) is 0 Å². The zero-order valence-corrected chi connectivity index (χ0v) is 13.4. The quantitative estimate of drug-likeness (QED) is 0.582. The molecule has 8 heteroatoms. The molecule has 0 aliphatic carbocycles. The number of rotatable bonds is 4. The first-order valence-electron chi connectivity index (χ1n) is 5.81. The van der Waals surface area contributed by atoms with Gasteiger partial charge < -0.3 is 11.5 Å². The summed E-state index contributed by atoms with van der Waals surface area (Å²) < 4.78 is 0. The summed E-state index contributed by atoms with van der Waals surface area (Å²) in [5, 5.41) is 8.41. The summed E-state index contributed by atoms with van der Waals surface area (Å²) in [5.74, 6) is 0.109. The maximum Gasteiger partial charge on any atom is 0.198 e. The highest BCUT2D eigenvalue weighted by atomic mass is 35.5. The van der Waals surface area contributed by atoms with Crippen LogP contribution in [0.3, 0.4) is 0 Å². The molecule has 20 heavy (non-hydrogen) atoms. The number of benzene rings is 1. The summed E-state index contributed by atoms with van der Waals surface area (Å²) >= 11 is 11.7. The van der Waals surface area contributed by atoms with Crippen molar-refractivity contribution in [2.24, 2.45) is 16.5 Å². The van der Waals surface area contributed by atoms with Gasteiger partial charge in [-0.2, -0.15) is 0 Å². The van der Waals surface area contributed by atoms with E-state index in [-0.39, 0.29) is 24.3 Å². The minimum Gasteiger partial charge on any atom is -0.370 e. The molecule has 0 aliphatic rings. The molecule has 5 nitrogen and oxygen atoms in total. The van der Waals surface area contributed by atoms with E-state index in [0.29, 0.717) is 23.1 Å². The molecular weight excluding hydrogens is 321 g/mol. The van der Waals surface area contributed by atoms with Gasteiger partial charge in [0.05, 0.1) is 16.6 Å². The van der Waals surface area contributed by atoms with Crippen molar-refractivity contribution in [1.82, 2.24) is 4.90 Å². The Morgan fingerprint density at radius 2 is 1.95 bits per heavy atom. The van der Waals surface area contributed by atoms with Crippen molar-refractivity contribution in [3.63, 3.8) is 0 Å². The molecule has 0 radical (unpaired) electrons. The molecule has 0 aliphatic heterocycles. The second kappa shape index (κ2) is 8.89. The van der Waals surface area contributed by atoms with Gasteiger partial charge >= 0.3 is 0 Å². The van der Waals surface area contributed by atoms with Crippen molar-refractivity contribution in [1.29, 1.82) is 5.41 Å². The molecule has 0 spiro atoms. The van der Waals surface area contributed by atoms with Crippen LogP contribution in [-0.2, 0) is 6.54 Å². The lowest BCUT2D eigenvalue weighted by Crippen LogP contribution is -2.45. The number of nitrogens with one attached hydrogen (secondary N) is 1. The smallest absolute Gasteiger partial charge is 0.198 e. The Hall–Kier alpha value is -1.17.